The molecule has 0 saturated carbocycles. The van der Waals surface area contributed by atoms with Gasteiger partial charge in [-0.3, -0.25) is 4.90 Å². The van der Waals surface area contributed by atoms with Crippen LogP contribution in [0.25, 0.3) is 5.69 Å². The van der Waals surface area contributed by atoms with Gasteiger partial charge >= 0.3 is 0 Å². The second kappa shape index (κ2) is 11.9. The Bertz CT molecular complexity index is 728. The van der Waals surface area contributed by atoms with E-state index in [1.807, 2.05) is 41.2 Å². The van der Waals surface area contributed by atoms with E-state index in [1.54, 1.807) is 7.11 Å². The van der Waals surface area contributed by atoms with Crippen LogP contribution in [0.4, 0.5) is 0 Å². The van der Waals surface area contributed by atoms with Gasteiger partial charge in [0.1, 0.15) is 5.75 Å². The highest BCUT2D eigenvalue weighted by atomic mass is 127. The van der Waals surface area contributed by atoms with E-state index in [0.29, 0.717) is 12.5 Å². The minimum atomic E-state index is 0. The van der Waals surface area contributed by atoms with Crippen molar-refractivity contribution in [3.8, 4) is 11.4 Å². The maximum atomic E-state index is 5.95. The highest BCUT2D eigenvalue weighted by Crippen LogP contribution is 2.14. The molecule has 0 atom stereocenters. The lowest BCUT2D eigenvalue weighted by Gasteiger charge is -2.26. The first-order chi connectivity index (χ1) is 13.2. The summed E-state index contributed by atoms with van der Waals surface area (Å²) in [5.74, 6) is 1.28. The molecule has 1 saturated heterocycles. The van der Waals surface area contributed by atoms with Gasteiger partial charge in [0.25, 0.3) is 0 Å². The van der Waals surface area contributed by atoms with Crippen LogP contribution < -0.4 is 15.8 Å². The molecule has 1 fully saturated rings. The molecule has 3 N–H and O–H groups in total. The van der Waals surface area contributed by atoms with Crippen LogP contribution in [-0.2, 0) is 11.3 Å². The van der Waals surface area contributed by atoms with Crippen molar-refractivity contribution < 1.29 is 9.47 Å². The van der Waals surface area contributed by atoms with E-state index in [-0.39, 0.29) is 24.0 Å². The highest BCUT2D eigenvalue weighted by Gasteiger charge is 2.09. The minimum absolute atomic E-state index is 0. The molecule has 0 aliphatic carbocycles. The Labute approximate surface area is 183 Å². The average Bonchev–Trinajstić information content (AvgIpc) is 3.19. The molecule has 1 aromatic carbocycles. The van der Waals surface area contributed by atoms with Crippen molar-refractivity contribution in [2.24, 2.45) is 10.7 Å². The number of benzene rings is 1. The fraction of sp³-hybridized carbons (Fsp3) is 0.474. The molecule has 9 heteroatoms. The largest absolute Gasteiger partial charge is 0.497 e. The Morgan fingerprint density at radius 2 is 2.00 bits per heavy atom. The van der Waals surface area contributed by atoms with Gasteiger partial charge in [-0.2, -0.15) is 5.10 Å². The maximum Gasteiger partial charge on any atom is 0.188 e. The molecular weight excluding hydrogens is 471 g/mol. The normalized spacial score (nSPS) is 15.1. The Balaban J connectivity index is 0.00000280. The number of morpholine rings is 1. The van der Waals surface area contributed by atoms with Crippen molar-refractivity contribution in [2.45, 2.75) is 13.0 Å². The van der Waals surface area contributed by atoms with Gasteiger partial charge in [-0.15, -0.1) is 24.0 Å². The second-order valence-corrected chi connectivity index (χ2v) is 6.39. The van der Waals surface area contributed by atoms with E-state index in [1.165, 1.54) is 0 Å². The zero-order valence-corrected chi connectivity index (χ0v) is 18.5. The van der Waals surface area contributed by atoms with Gasteiger partial charge in [0.05, 0.1) is 38.2 Å². The molecule has 1 aromatic heterocycles. The number of aliphatic imine (C=N–C) groups is 1. The second-order valence-electron chi connectivity index (χ2n) is 6.39. The molecule has 2 heterocycles. The van der Waals surface area contributed by atoms with Crippen LogP contribution in [0.5, 0.6) is 5.75 Å². The van der Waals surface area contributed by atoms with Crippen LogP contribution in [0.3, 0.4) is 0 Å². The minimum Gasteiger partial charge on any atom is -0.497 e. The summed E-state index contributed by atoms with van der Waals surface area (Å²) >= 11 is 0. The molecule has 3 rings (SSSR count). The van der Waals surface area contributed by atoms with Crippen LogP contribution in [0.1, 0.15) is 12.1 Å². The summed E-state index contributed by atoms with van der Waals surface area (Å²) in [4.78, 5) is 6.77. The average molecular weight is 500 g/mol. The van der Waals surface area contributed by atoms with Crippen molar-refractivity contribution in [1.82, 2.24) is 20.0 Å². The summed E-state index contributed by atoms with van der Waals surface area (Å²) in [6, 6.07) is 9.69. The molecule has 1 aliphatic heterocycles. The van der Waals surface area contributed by atoms with E-state index in [0.717, 1.165) is 62.9 Å². The fourth-order valence-electron chi connectivity index (χ4n) is 2.89. The van der Waals surface area contributed by atoms with Gasteiger partial charge < -0.3 is 20.5 Å². The number of rotatable bonds is 8. The number of methoxy groups -OCH3 is 1. The molecule has 8 nitrogen and oxygen atoms in total. The molecule has 0 spiro atoms. The number of hydrogen-bond donors (Lipinski definition) is 2. The summed E-state index contributed by atoms with van der Waals surface area (Å²) < 4.78 is 12.3. The lowest BCUT2D eigenvalue weighted by molar-refractivity contribution is 0.0376. The predicted molar refractivity (Wildman–Crippen MR) is 121 cm³/mol. The van der Waals surface area contributed by atoms with E-state index < -0.39 is 0 Å². The quantitative estimate of drug-likeness (QED) is 0.248. The molecule has 1 aliphatic rings. The topological polar surface area (TPSA) is 89.9 Å². The van der Waals surface area contributed by atoms with Crippen LogP contribution >= 0.6 is 24.0 Å². The van der Waals surface area contributed by atoms with E-state index in [4.69, 9.17) is 15.2 Å². The first kappa shape index (κ1) is 22.4. The third kappa shape index (κ3) is 6.95. The summed E-state index contributed by atoms with van der Waals surface area (Å²) in [5.41, 5.74) is 7.78. The Hall–Kier alpha value is -1.85. The first-order valence-electron chi connectivity index (χ1n) is 9.27. The van der Waals surface area contributed by atoms with Crippen LogP contribution in [0.2, 0.25) is 0 Å². The van der Waals surface area contributed by atoms with Gasteiger partial charge in [-0.05, 0) is 43.3 Å². The molecular formula is C19H29IN6O2. The maximum absolute atomic E-state index is 5.95. The lowest BCUT2D eigenvalue weighted by atomic mass is 10.3. The summed E-state index contributed by atoms with van der Waals surface area (Å²) in [6.45, 7) is 6.01. The van der Waals surface area contributed by atoms with Crippen molar-refractivity contribution in [1.29, 1.82) is 0 Å². The number of halogens is 1. The standard InChI is InChI=1S/C19H28N6O2.HI/c1-26-18-5-3-17(4-6-18)25-10-7-16(23-25)15-22-19(20)21-8-2-9-24-11-13-27-14-12-24;/h3-7,10H,2,8-9,11-15H2,1H3,(H3,20,21,22);1H. The first-order valence-corrected chi connectivity index (χ1v) is 9.27. The Morgan fingerprint density at radius 1 is 1.25 bits per heavy atom. The number of ether oxygens (including phenoxy) is 2. The summed E-state index contributed by atoms with van der Waals surface area (Å²) in [5, 5.41) is 7.70. The SMILES string of the molecule is COc1ccc(-n2ccc(CN=C(N)NCCCN3CCOCC3)n2)cc1.I. The van der Waals surface area contributed by atoms with E-state index in [9.17, 15) is 0 Å². The Morgan fingerprint density at radius 3 is 2.71 bits per heavy atom. The monoisotopic (exact) mass is 500 g/mol. The number of nitrogens with one attached hydrogen (secondary N) is 1. The fourth-order valence-corrected chi connectivity index (χ4v) is 2.89. The third-order valence-electron chi connectivity index (χ3n) is 4.45. The molecule has 28 heavy (non-hydrogen) atoms. The lowest BCUT2D eigenvalue weighted by Crippen LogP contribution is -2.39. The molecule has 0 bridgehead atoms. The molecule has 2 aromatic rings. The zero-order chi connectivity index (χ0) is 18.9. The van der Waals surface area contributed by atoms with E-state index >= 15 is 0 Å². The highest BCUT2D eigenvalue weighted by molar-refractivity contribution is 14.0. The Kier molecular flexibility index (Phi) is 9.51. The zero-order valence-electron chi connectivity index (χ0n) is 16.2. The predicted octanol–water partition coefficient (Wildman–Crippen LogP) is 1.63. The molecule has 0 unspecified atom stereocenters. The van der Waals surface area contributed by atoms with Gasteiger partial charge in [-0.25, -0.2) is 9.67 Å². The van der Waals surface area contributed by atoms with Crippen molar-refractivity contribution in [3.05, 3.63) is 42.2 Å². The van der Waals surface area contributed by atoms with Gasteiger partial charge in [-0.1, -0.05) is 0 Å². The van der Waals surface area contributed by atoms with Crippen molar-refractivity contribution >= 4 is 29.9 Å². The number of guanidine groups is 1. The van der Waals surface area contributed by atoms with Gasteiger partial charge in [0.15, 0.2) is 5.96 Å². The summed E-state index contributed by atoms with van der Waals surface area (Å²) in [6.07, 6.45) is 2.95. The number of aromatic nitrogens is 2. The van der Waals surface area contributed by atoms with Crippen LogP contribution in [0, 0.1) is 0 Å². The molecule has 154 valence electrons. The number of nitrogens with two attached hydrogens (primary N) is 1. The van der Waals surface area contributed by atoms with Crippen LogP contribution in [0.15, 0.2) is 41.5 Å². The smallest absolute Gasteiger partial charge is 0.188 e. The number of hydrogen-bond acceptors (Lipinski definition) is 5. The van der Waals surface area contributed by atoms with E-state index in [2.05, 4.69) is 20.3 Å². The molecule has 0 radical (unpaired) electrons. The number of nitrogens with zero attached hydrogens (tertiary/aromatic N) is 4. The summed E-state index contributed by atoms with van der Waals surface area (Å²) in [7, 11) is 1.65. The van der Waals surface area contributed by atoms with Crippen molar-refractivity contribution in [2.75, 3.05) is 46.5 Å². The van der Waals surface area contributed by atoms with Crippen LogP contribution in [-0.4, -0.2) is 67.1 Å². The van der Waals surface area contributed by atoms with Crippen molar-refractivity contribution in [3.63, 3.8) is 0 Å². The van der Waals surface area contributed by atoms with Gasteiger partial charge in [0.2, 0.25) is 0 Å². The van der Waals surface area contributed by atoms with Gasteiger partial charge in [0, 0.05) is 25.8 Å². The molecule has 0 amide bonds. The third-order valence-corrected chi connectivity index (χ3v) is 4.45.